The molecule has 4 heteroatoms. The molecule has 17 heavy (non-hydrogen) atoms. The first kappa shape index (κ1) is 12.3. The summed E-state index contributed by atoms with van der Waals surface area (Å²) in [5.41, 5.74) is 2.37. The summed E-state index contributed by atoms with van der Waals surface area (Å²) in [5.74, 6) is 0. The maximum Gasteiger partial charge on any atom is 0.0646 e. The van der Waals surface area contributed by atoms with Crippen LogP contribution in [0, 0.1) is 0 Å². The smallest absolute Gasteiger partial charge is 0.0646 e. The average molecular weight is 294 g/mol. The first-order chi connectivity index (χ1) is 8.20. The summed E-state index contributed by atoms with van der Waals surface area (Å²) >= 11 is 3.39. The van der Waals surface area contributed by atoms with Crippen molar-refractivity contribution in [2.24, 2.45) is 0 Å². The van der Waals surface area contributed by atoms with Crippen LogP contribution >= 0.6 is 15.9 Å². The van der Waals surface area contributed by atoms with E-state index in [9.17, 15) is 0 Å². The van der Waals surface area contributed by atoms with E-state index in [2.05, 4.69) is 64.5 Å². The molecule has 2 rings (SSSR count). The Morgan fingerprint density at radius 1 is 1.35 bits per heavy atom. The molecule has 1 heterocycles. The lowest BCUT2D eigenvalue weighted by Gasteiger charge is -2.13. The van der Waals surface area contributed by atoms with E-state index in [1.807, 2.05) is 10.9 Å². The van der Waals surface area contributed by atoms with Gasteiger partial charge >= 0.3 is 0 Å². The number of hydrogen-bond acceptors (Lipinski definition) is 2. The molecular weight excluding hydrogens is 278 g/mol. The van der Waals surface area contributed by atoms with Gasteiger partial charge in [-0.1, -0.05) is 19.1 Å². The monoisotopic (exact) mass is 293 g/mol. The van der Waals surface area contributed by atoms with Gasteiger partial charge in [-0.25, -0.2) is 4.68 Å². The number of rotatable bonds is 4. The number of halogens is 1. The van der Waals surface area contributed by atoms with Crippen LogP contribution in [-0.2, 0) is 0 Å². The van der Waals surface area contributed by atoms with Crippen molar-refractivity contribution in [3.63, 3.8) is 0 Å². The van der Waals surface area contributed by atoms with Crippen LogP contribution in [0.2, 0.25) is 0 Å². The number of hydrogen-bond donors (Lipinski definition) is 1. The molecule has 0 aliphatic carbocycles. The van der Waals surface area contributed by atoms with Crippen LogP contribution in [0.25, 0.3) is 5.69 Å². The summed E-state index contributed by atoms with van der Waals surface area (Å²) in [7, 11) is 0. The molecule has 0 radical (unpaired) electrons. The number of nitrogens with zero attached hydrogens (tertiary/aromatic N) is 2. The summed E-state index contributed by atoms with van der Waals surface area (Å²) in [6.07, 6.45) is 3.73. The van der Waals surface area contributed by atoms with Crippen LogP contribution in [0.15, 0.2) is 41.1 Å². The summed E-state index contributed by atoms with van der Waals surface area (Å²) in [6, 6.07) is 8.83. The third kappa shape index (κ3) is 2.96. The lowest BCUT2D eigenvalue weighted by molar-refractivity contribution is 0.598. The molecule has 0 aliphatic rings. The Labute approximate surface area is 110 Å². The second-order valence-electron chi connectivity index (χ2n) is 3.97. The van der Waals surface area contributed by atoms with Gasteiger partial charge in [-0.2, -0.15) is 5.10 Å². The van der Waals surface area contributed by atoms with Crippen molar-refractivity contribution in [1.29, 1.82) is 0 Å². The highest BCUT2D eigenvalue weighted by molar-refractivity contribution is 9.10. The normalized spacial score (nSPS) is 12.6. The minimum Gasteiger partial charge on any atom is -0.310 e. The molecule has 3 nitrogen and oxygen atoms in total. The Morgan fingerprint density at radius 2 is 2.06 bits per heavy atom. The summed E-state index contributed by atoms with van der Waals surface area (Å²) < 4.78 is 2.84. The number of benzene rings is 1. The van der Waals surface area contributed by atoms with Gasteiger partial charge < -0.3 is 5.32 Å². The highest BCUT2D eigenvalue weighted by Gasteiger charge is 2.04. The second kappa shape index (κ2) is 5.47. The molecule has 0 saturated heterocycles. The highest BCUT2D eigenvalue weighted by Crippen LogP contribution is 2.16. The maximum absolute atomic E-state index is 4.25. The molecule has 1 unspecified atom stereocenters. The third-order valence-corrected chi connectivity index (χ3v) is 3.13. The predicted octanol–water partition coefficient (Wildman–Crippen LogP) is 3.31. The largest absolute Gasteiger partial charge is 0.310 e. The van der Waals surface area contributed by atoms with Gasteiger partial charge in [0.15, 0.2) is 0 Å². The molecule has 0 fully saturated rings. The number of aromatic nitrogens is 2. The SMILES string of the molecule is CCNC(C)c1ccc(-n2cc(Br)cn2)cc1. The van der Waals surface area contributed by atoms with Crippen LogP contribution in [0.3, 0.4) is 0 Å². The van der Waals surface area contributed by atoms with Crippen molar-refractivity contribution in [3.05, 3.63) is 46.7 Å². The van der Waals surface area contributed by atoms with Gasteiger partial charge in [0, 0.05) is 12.2 Å². The molecule has 0 bridgehead atoms. The summed E-state index contributed by atoms with van der Waals surface area (Å²) in [6.45, 7) is 5.27. The highest BCUT2D eigenvalue weighted by atomic mass is 79.9. The fraction of sp³-hybridized carbons (Fsp3) is 0.308. The molecule has 0 amide bonds. The van der Waals surface area contributed by atoms with Gasteiger partial charge in [-0.3, -0.25) is 0 Å². The maximum atomic E-state index is 4.25. The van der Waals surface area contributed by atoms with Gasteiger partial charge in [0.2, 0.25) is 0 Å². The molecule has 0 aliphatic heterocycles. The van der Waals surface area contributed by atoms with Crippen molar-refractivity contribution in [1.82, 2.24) is 15.1 Å². The van der Waals surface area contributed by atoms with Crippen molar-refractivity contribution in [3.8, 4) is 5.69 Å². The van der Waals surface area contributed by atoms with Crippen LogP contribution in [0.1, 0.15) is 25.5 Å². The van der Waals surface area contributed by atoms with Crippen LogP contribution in [0.5, 0.6) is 0 Å². The van der Waals surface area contributed by atoms with E-state index in [1.54, 1.807) is 6.20 Å². The van der Waals surface area contributed by atoms with E-state index in [1.165, 1.54) is 5.56 Å². The fourth-order valence-electron chi connectivity index (χ4n) is 1.78. The van der Waals surface area contributed by atoms with Crippen LogP contribution < -0.4 is 5.32 Å². The van der Waals surface area contributed by atoms with E-state index in [-0.39, 0.29) is 0 Å². The average Bonchev–Trinajstić information content (AvgIpc) is 2.76. The van der Waals surface area contributed by atoms with Crippen LogP contribution in [0.4, 0.5) is 0 Å². The van der Waals surface area contributed by atoms with E-state index >= 15 is 0 Å². The Balaban J connectivity index is 2.18. The molecule has 1 aromatic carbocycles. The van der Waals surface area contributed by atoms with Gasteiger partial charge in [0.05, 0.1) is 16.4 Å². The predicted molar refractivity (Wildman–Crippen MR) is 73.4 cm³/mol. The topological polar surface area (TPSA) is 29.9 Å². The molecule has 90 valence electrons. The summed E-state index contributed by atoms with van der Waals surface area (Å²) in [5, 5.41) is 7.65. The van der Waals surface area contributed by atoms with E-state index < -0.39 is 0 Å². The standard InChI is InChI=1S/C13H16BrN3/c1-3-15-10(2)11-4-6-13(7-5-11)17-9-12(14)8-16-17/h4-10,15H,3H2,1-2H3. The second-order valence-corrected chi connectivity index (χ2v) is 4.89. The van der Waals surface area contributed by atoms with Crippen molar-refractivity contribution < 1.29 is 0 Å². The first-order valence-corrected chi connectivity index (χ1v) is 6.54. The van der Waals surface area contributed by atoms with Crippen LogP contribution in [-0.4, -0.2) is 16.3 Å². The van der Waals surface area contributed by atoms with Gasteiger partial charge in [0.1, 0.15) is 0 Å². The Bertz CT molecular complexity index is 476. The quantitative estimate of drug-likeness (QED) is 0.937. The minimum atomic E-state index is 0.387. The molecule has 0 spiro atoms. The fourth-order valence-corrected chi connectivity index (χ4v) is 2.07. The zero-order valence-electron chi connectivity index (χ0n) is 10.0. The van der Waals surface area contributed by atoms with Gasteiger partial charge in [-0.05, 0) is 47.1 Å². The molecule has 1 atom stereocenters. The third-order valence-electron chi connectivity index (χ3n) is 2.72. The minimum absolute atomic E-state index is 0.387. The Kier molecular flexibility index (Phi) is 3.97. The Hall–Kier alpha value is -1.13. The van der Waals surface area contributed by atoms with E-state index in [0.29, 0.717) is 6.04 Å². The van der Waals surface area contributed by atoms with Gasteiger partial charge in [-0.15, -0.1) is 0 Å². The molecule has 2 aromatic rings. The molecular formula is C13H16BrN3. The molecule has 1 aromatic heterocycles. The van der Waals surface area contributed by atoms with Crippen molar-refractivity contribution in [2.45, 2.75) is 19.9 Å². The van der Waals surface area contributed by atoms with Gasteiger partial charge in [0.25, 0.3) is 0 Å². The van der Waals surface area contributed by atoms with E-state index in [4.69, 9.17) is 0 Å². The zero-order valence-corrected chi connectivity index (χ0v) is 11.6. The molecule has 0 saturated carbocycles. The zero-order chi connectivity index (χ0) is 12.3. The summed E-state index contributed by atoms with van der Waals surface area (Å²) in [4.78, 5) is 0. The van der Waals surface area contributed by atoms with E-state index in [0.717, 1.165) is 16.7 Å². The number of nitrogens with one attached hydrogen (secondary N) is 1. The lowest BCUT2D eigenvalue weighted by Crippen LogP contribution is -2.17. The first-order valence-electron chi connectivity index (χ1n) is 5.74. The van der Waals surface area contributed by atoms with Crippen molar-refractivity contribution >= 4 is 15.9 Å². The Morgan fingerprint density at radius 3 is 2.59 bits per heavy atom. The van der Waals surface area contributed by atoms with Crippen molar-refractivity contribution in [2.75, 3.05) is 6.54 Å². The lowest BCUT2D eigenvalue weighted by atomic mass is 10.1. The molecule has 1 N–H and O–H groups in total.